The van der Waals surface area contributed by atoms with Crippen molar-refractivity contribution in [3.05, 3.63) is 29.8 Å². The van der Waals surface area contributed by atoms with E-state index in [1.807, 2.05) is 31.2 Å². The zero-order valence-corrected chi connectivity index (χ0v) is 11.8. The summed E-state index contributed by atoms with van der Waals surface area (Å²) in [6.45, 7) is 4.41. The van der Waals surface area contributed by atoms with Crippen molar-refractivity contribution in [3.8, 4) is 0 Å². The van der Waals surface area contributed by atoms with Gasteiger partial charge >= 0.3 is 12.0 Å². The van der Waals surface area contributed by atoms with E-state index in [4.69, 9.17) is 0 Å². The van der Waals surface area contributed by atoms with E-state index in [2.05, 4.69) is 12.2 Å². The number of carbonyl (C=O) groups is 2. The molecule has 2 unspecified atom stereocenters. The third-order valence-corrected chi connectivity index (χ3v) is 3.83. The first-order valence-electron chi connectivity index (χ1n) is 6.92. The molecule has 0 bridgehead atoms. The predicted molar refractivity (Wildman–Crippen MR) is 76.7 cm³/mol. The number of aryl methyl sites for hydroxylation is 1. The standard InChI is InChI=1S/C15H20N2O3/c1-3-11-4-6-12(7-5-11)16-15(20)17-9-8-10(2)13(17)14(18)19/h4-7,10,13H,3,8-9H2,1-2H3,(H,16,20)(H,18,19). The van der Waals surface area contributed by atoms with Crippen molar-refractivity contribution in [2.75, 3.05) is 11.9 Å². The lowest BCUT2D eigenvalue weighted by Crippen LogP contribution is -2.44. The van der Waals surface area contributed by atoms with Crippen molar-refractivity contribution in [2.24, 2.45) is 5.92 Å². The summed E-state index contributed by atoms with van der Waals surface area (Å²) < 4.78 is 0. The summed E-state index contributed by atoms with van der Waals surface area (Å²) in [4.78, 5) is 24.8. The van der Waals surface area contributed by atoms with E-state index in [0.29, 0.717) is 12.2 Å². The number of anilines is 1. The number of carboxylic acid groups (broad SMARTS) is 1. The van der Waals surface area contributed by atoms with Crippen LogP contribution < -0.4 is 5.32 Å². The summed E-state index contributed by atoms with van der Waals surface area (Å²) >= 11 is 0. The molecular weight excluding hydrogens is 256 g/mol. The van der Waals surface area contributed by atoms with E-state index in [-0.39, 0.29) is 11.9 Å². The summed E-state index contributed by atoms with van der Waals surface area (Å²) in [6.07, 6.45) is 1.66. The second kappa shape index (κ2) is 5.94. The van der Waals surface area contributed by atoms with Crippen LogP contribution in [0.15, 0.2) is 24.3 Å². The van der Waals surface area contributed by atoms with E-state index < -0.39 is 12.0 Å². The minimum absolute atomic E-state index is 0.0132. The SMILES string of the molecule is CCc1ccc(NC(=O)N2CCC(C)C2C(=O)O)cc1. The molecule has 108 valence electrons. The number of urea groups is 1. The van der Waals surface area contributed by atoms with E-state index in [1.165, 1.54) is 10.5 Å². The average molecular weight is 276 g/mol. The molecule has 2 atom stereocenters. The van der Waals surface area contributed by atoms with Gasteiger partial charge in [-0.15, -0.1) is 0 Å². The lowest BCUT2D eigenvalue weighted by atomic mass is 10.0. The predicted octanol–water partition coefficient (Wildman–Crippen LogP) is 2.58. The number of hydrogen-bond donors (Lipinski definition) is 2. The van der Waals surface area contributed by atoms with Crippen LogP contribution >= 0.6 is 0 Å². The summed E-state index contributed by atoms with van der Waals surface area (Å²) in [5, 5.41) is 12.0. The number of nitrogens with one attached hydrogen (secondary N) is 1. The highest BCUT2D eigenvalue weighted by Gasteiger charge is 2.39. The van der Waals surface area contributed by atoms with Crippen LogP contribution in [0.3, 0.4) is 0 Å². The smallest absolute Gasteiger partial charge is 0.326 e. The number of carboxylic acids is 1. The minimum atomic E-state index is -0.938. The maximum Gasteiger partial charge on any atom is 0.326 e. The fourth-order valence-corrected chi connectivity index (χ4v) is 2.57. The maximum atomic E-state index is 12.2. The van der Waals surface area contributed by atoms with E-state index in [9.17, 15) is 14.7 Å². The summed E-state index contributed by atoms with van der Waals surface area (Å²) in [6, 6.07) is 6.52. The van der Waals surface area contributed by atoms with Gasteiger partial charge in [-0.25, -0.2) is 9.59 Å². The highest BCUT2D eigenvalue weighted by atomic mass is 16.4. The van der Waals surface area contributed by atoms with Gasteiger partial charge in [0.05, 0.1) is 0 Å². The Balaban J connectivity index is 2.05. The number of likely N-dealkylation sites (tertiary alicyclic amines) is 1. The maximum absolute atomic E-state index is 12.2. The van der Waals surface area contributed by atoms with Crippen molar-refractivity contribution < 1.29 is 14.7 Å². The molecule has 5 heteroatoms. The second-order valence-corrected chi connectivity index (χ2v) is 5.22. The van der Waals surface area contributed by atoms with Gasteiger partial charge in [-0.1, -0.05) is 26.0 Å². The largest absolute Gasteiger partial charge is 0.480 e. The molecule has 0 saturated carbocycles. The first-order valence-corrected chi connectivity index (χ1v) is 6.92. The molecule has 1 aliphatic rings. The molecule has 1 fully saturated rings. The highest BCUT2D eigenvalue weighted by Crippen LogP contribution is 2.25. The van der Waals surface area contributed by atoms with Crippen LogP contribution in [-0.2, 0) is 11.2 Å². The molecule has 0 aliphatic carbocycles. The van der Waals surface area contributed by atoms with Gasteiger partial charge in [0.15, 0.2) is 0 Å². The van der Waals surface area contributed by atoms with Crippen LogP contribution in [0, 0.1) is 5.92 Å². The molecule has 0 radical (unpaired) electrons. The number of carbonyl (C=O) groups excluding carboxylic acids is 1. The number of benzene rings is 1. The first kappa shape index (κ1) is 14.4. The molecule has 20 heavy (non-hydrogen) atoms. The van der Waals surface area contributed by atoms with Crippen LogP contribution in [0.25, 0.3) is 0 Å². The van der Waals surface area contributed by atoms with Gasteiger partial charge in [-0.2, -0.15) is 0 Å². The molecule has 2 rings (SSSR count). The van der Waals surface area contributed by atoms with Gasteiger partial charge in [0.2, 0.25) is 0 Å². The molecule has 1 heterocycles. The third-order valence-electron chi connectivity index (χ3n) is 3.83. The van der Waals surface area contributed by atoms with E-state index in [1.54, 1.807) is 0 Å². The highest BCUT2D eigenvalue weighted by molar-refractivity contribution is 5.92. The lowest BCUT2D eigenvalue weighted by Gasteiger charge is -2.23. The first-order chi connectivity index (χ1) is 9.52. The molecule has 1 aromatic carbocycles. The second-order valence-electron chi connectivity index (χ2n) is 5.22. The Hall–Kier alpha value is -2.04. The summed E-state index contributed by atoms with van der Waals surface area (Å²) in [5.41, 5.74) is 1.89. The number of amides is 2. The Bertz CT molecular complexity index is 498. The van der Waals surface area contributed by atoms with Crippen LogP contribution in [0.5, 0.6) is 0 Å². The topological polar surface area (TPSA) is 69.6 Å². The normalized spacial score (nSPS) is 21.8. The number of rotatable bonds is 3. The van der Waals surface area contributed by atoms with Crippen LogP contribution in [0.4, 0.5) is 10.5 Å². The molecule has 5 nitrogen and oxygen atoms in total. The molecule has 2 amide bonds. The Morgan fingerprint density at radius 1 is 1.35 bits per heavy atom. The quantitative estimate of drug-likeness (QED) is 0.891. The molecule has 0 spiro atoms. The van der Waals surface area contributed by atoms with Gasteiger partial charge in [-0.3, -0.25) is 0 Å². The van der Waals surface area contributed by atoms with Crippen molar-refractivity contribution in [2.45, 2.75) is 32.7 Å². The Labute approximate surface area is 118 Å². The average Bonchev–Trinajstić information content (AvgIpc) is 2.81. The number of nitrogens with zero attached hydrogens (tertiary/aromatic N) is 1. The minimum Gasteiger partial charge on any atom is -0.480 e. The van der Waals surface area contributed by atoms with E-state index >= 15 is 0 Å². The van der Waals surface area contributed by atoms with Crippen LogP contribution in [-0.4, -0.2) is 34.6 Å². The van der Waals surface area contributed by atoms with Gasteiger partial charge in [0.25, 0.3) is 0 Å². The molecule has 1 aromatic rings. The lowest BCUT2D eigenvalue weighted by molar-refractivity contribution is -0.142. The fraction of sp³-hybridized carbons (Fsp3) is 0.467. The Morgan fingerprint density at radius 3 is 2.55 bits per heavy atom. The Morgan fingerprint density at radius 2 is 2.00 bits per heavy atom. The van der Waals surface area contributed by atoms with Crippen molar-refractivity contribution in [1.82, 2.24) is 4.90 Å². The molecule has 0 aromatic heterocycles. The number of hydrogen-bond acceptors (Lipinski definition) is 2. The fourth-order valence-electron chi connectivity index (χ4n) is 2.57. The molecular formula is C15H20N2O3. The molecule has 1 aliphatic heterocycles. The van der Waals surface area contributed by atoms with E-state index in [0.717, 1.165) is 12.8 Å². The van der Waals surface area contributed by atoms with Crippen LogP contribution in [0.2, 0.25) is 0 Å². The molecule has 2 N–H and O–H groups in total. The van der Waals surface area contributed by atoms with Crippen molar-refractivity contribution in [3.63, 3.8) is 0 Å². The van der Waals surface area contributed by atoms with Gasteiger partial charge in [-0.05, 0) is 36.5 Å². The number of aliphatic carboxylic acids is 1. The third kappa shape index (κ3) is 2.92. The Kier molecular flexibility index (Phi) is 4.27. The summed E-state index contributed by atoms with van der Waals surface area (Å²) in [5.74, 6) is -0.952. The zero-order valence-electron chi connectivity index (χ0n) is 11.8. The van der Waals surface area contributed by atoms with Gasteiger partial charge in [0, 0.05) is 12.2 Å². The monoisotopic (exact) mass is 276 g/mol. The van der Waals surface area contributed by atoms with Crippen molar-refractivity contribution in [1.29, 1.82) is 0 Å². The van der Waals surface area contributed by atoms with Crippen molar-refractivity contribution >= 4 is 17.7 Å². The zero-order chi connectivity index (χ0) is 14.7. The van der Waals surface area contributed by atoms with Crippen LogP contribution in [0.1, 0.15) is 25.8 Å². The molecule has 1 saturated heterocycles. The van der Waals surface area contributed by atoms with Gasteiger partial charge < -0.3 is 15.3 Å². The van der Waals surface area contributed by atoms with Gasteiger partial charge in [0.1, 0.15) is 6.04 Å². The summed E-state index contributed by atoms with van der Waals surface area (Å²) in [7, 11) is 0.